The molecule has 0 aliphatic heterocycles. The van der Waals surface area contributed by atoms with Gasteiger partial charge < -0.3 is 4.57 Å². The molecule has 0 amide bonds. The minimum absolute atomic E-state index is 0.990. The Hall–Kier alpha value is -0.280. The summed E-state index contributed by atoms with van der Waals surface area (Å²) >= 11 is 7.20. The van der Waals surface area contributed by atoms with Gasteiger partial charge in [-0.1, -0.05) is 0 Å². The lowest BCUT2D eigenvalue weighted by Crippen LogP contribution is -1.91. The van der Waals surface area contributed by atoms with E-state index in [2.05, 4.69) is 68.6 Å². The highest BCUT2D eigenvalue weighted by Crippen LogP contribution is 2.32. The van der Waals surface area contributed by atoms with Gasteiger partial charge in [0.1, 0.15) is 0 Å². The Morgan fingerprint density at radius 2 is 1.93 bits per heavy atom. The highest BCUT2D eigenvalue weighted by atomic mass is 79.9. The smallest absolute Gasteiger partial charge is 0.0636 e. The predicted octanol–water partition coefficient (Wildman–Crippen LogP) is 4.49. The van der Waals surface area contributed by atoms with Crippen molar-refractivity contribution in [2.75, 3.05) is 0 Å². The molecule has 0 fully saturated rings. The number of hydrogen-bond donors (Lipinski definition) is 0. The van der Waals surface area contributed by atoms with Crippen LogP contribution in [-0.4, -0.2) is 4.57 Å². The number of fused-ring (bicyclic) bond motifs is 1. The minimum atomic E-state index is 0.990. The summed E-state index contributed by atoms with van der Waals surface area (Å²) in [5.74, 6) is 0. The Bertz CT molecular complexity index is 485. The van der Waals surface area contributed by atoms with Crippen molar-refractivity contribution in [2.45, 2.75) is 20.4 Å². The van der Waals surface area contributed by atoms with E-state index in [4.69, 9.17) is 0 Å². The van der Waals surface area contributed by atoms with Crippen molar-refractivity contribution >= 4 is 42.8 Å². The lowest BCUT2D eigenvalue weighted by molar-refractivity contribution is 0.795. The third-order valence-electron chi connectivity index (χ3n) is 2.36. The molecular formula is C11H11Br2N. The van der Waals surface area contributed by atoms with Crippen molar-refractivity contribution in [1.82, 2.24) is 4.57 Å². The number of halogens is 2. The molecule has 1 nitrogen and oxygen atoms in total. The van der Waals surface area contributed by atoms with Gasteiger partial charge in [-0.2, -0.15) is 0 Å². The zero-order chi connectivity index (χ0) is 10.3. The summed E-state index contributed by atoms with van der Waals surface area (Å²) in [6, 6.07) is 4.36. The maximum atomic E-state index is 3.61. The van der Waals surface area contributed by atoms with Gasteiger partial charge in [-0.15, -0.1) is 0 Å². The van der Waals surface area contributed by atoms with Gasteiger partial charge in [0.2, 0.25) is 0 Å². The Morgan fingerprint density at radius 3 is 2.57 bits per heavy atom. The van der Waals surface area contributed by atoms with Gasteiger partial charge >= 0.3 is 0 Å². The molecule has 0 radical (unpaired) electrons. The molecule has 14 heavy (non-hydrogen) atoms. The monoisotopic (exact) mass is 315 g/mol. The van der Waals surface area contributed by atoms with Gasteiger partial charge in [0.05, 0.1) is 5.52 Å². The summed E-state index contributed by atoms with van der Waals surface area (Å²) < 4.78 is 4.57. The highest BCUT2D eigenvalue weighted by molar-refractivity contribution is 9.11. The SMILES string of the molecule is CCn1cc(Br)c2cc(C)cc(Br)c21. The molecule has 1 aromatic heterocycles. The molecule has 74 valence electrons. The van der Waals surface area contributed by atoms with Gasteiger partial charge in [0.25, 0.3) is 0 Å². The topological polar surface area (TPSA) is 4.93 Å². The number of hydrogen-bond acceptors (Lipinski definition) is 0. The molecule has 1 aromatic carbocycles. The van der Waals surface area contributed by atoms with Crippen LogP contribution in [0.3, 0.4) is 0 Å². The van der Waals surface area contributed by atoms with Crippen molar-refractivity contribution < 1.29 is 0 Å². The van der Waals surface area contributed by atoms with E-state index >= 15 is 0 Å². The van der Waals surface area contributed by atoms with Crippen LogP contribution in [0.4, 0.5) is 0 Å². The molecule has 0 atom stereocenters. The third kappa shape index (κ3) is 1.52. The maximum absolute atomic E-state index is 3.61. The zero-order valence-corrected chi connectivity index (χ0v) is 11.3. The van der Waals surface area contributed by atoms with Gasteiger partial charge in [-0.3, -0.25) is 0 Å². The Kier molecular flexibility index (Phi) is 2.71. The first-order chi connectivity index (χ1) is 6.63. The van der Waals surface area contributed by atoms with Crippen LogP contribution in [0.1, 0.15) is 12.5 Å². The lowest BCUT2D eigenvalue weighted by Gasteiger charge is -2.03. The van der Waals surface area contributed by atoms with E-state index in [0.717, 1.165) is 6.54 Å². The number of nitrogens with zero attached hydrogens (tertiary/aromatic N) is 1. The van der Waals surface area contributed by atoms with Gasteiger partial charge in [-0.25, -0.2) is 0 Å². The summed E-state index contributed by atoms with van der Waals surface area (Å²) in [4.78, 5) is 0. The summed E-state index contributed by atoms with van der Waals surface area (Å²) in [5, 5.41) is 1.28. The first-order valence-corrected chi connectivity index (χ1v) is 6.16. The van der Waals surface area contributed by atoms with Crippen molar-refractivity contribution in [2.24, 2.45) is 0 Å². The molecule has 0 aliphatic rings. The summed E-state index contributed by atoms with van der Waals surface area (Å²) in [5.41, 5.74) is 2.55. The van der Waals surface area contributed by atoms with E-state index in [-0.39, 0.29) is 0 Å². The second-order valence-corrected chi connectivity index (χ2v) is 5.11. The molecule has 1 heterocycles. The van der Waals surface area contributed by atoms with E-state index in [9.17, 15) is 0 Å². The molecule has 0 aliphatic carbocycles. The fraction of sp³-hybridized carbons (Fsp3) is 0.273. The molecule has 0 bridgehead atoms. The van der Waals surface area contributed by atoms with E-state index < -0.39 is 0 Å². The van der Waals surface area contributed by atoms with E-state index in [1.165, 1.54) is 25.4 Å². The molecule has 0 N–H and O–H groups in total. The van der Waals surface area contributed by atoms with Crippen LogP contribution in [0.15, 0.2) is 27.3 Å². The summed E-state index contributed by atoms with van der Waals surface area (Å²) in [6.45, 7) is 5.25. The first-order valence-electron chi connectivity index (χ1n) is 4.58. The Morgan fingerprint density at radius 1 is 1.21 bits per heavy atom. The van der Waals surface area contributed by atoms with Gasteiger partial charge in [0, 0.05) is 27.1 Å². The van der Waals surface area contributed by atoms with Crippen LogP contribution in [0, 0.1) is 6.92 Å². The van der Waals surface area contributed by atoms with Crippen molar-refractivity contribution in [3.05, 3.63) is 32.8 Å². The van der Waals surface area contributed by atoms with Crippen molar-refractivity contribution in [3.63, 3.8) is 0 Å². The first kappa shape index (κ1) is 10.2. The number of aromatic nitrogens is 1. The minimum Gasteiger partial charge on any atom is -0.346 e. The quantitative estimate of drug-likeness (QED) is 0.730. The highest BCUT2D eigenvalue weighted by Gasteiger charge is 2.09. The Labute approximate surface area is 100 Å². The Balaban J connectivity index is 2.89. The van der Waals surface area contributed by atoms with E-state index in [0.29, 0.717) is 0 Å². The summed E-state index contributed by atoms with van der Waals surface area (Å²) in [6.07, 6.45) is 2.13. The molecular weight excluding hydrogens is 306 g/mol. The predicted molar refractivity (Wildman–Crippen MR) is 67.7 cm³/mol. The van der Waals surface area contributed by atoms with Crippen molar-refractivity contribution in [1.29, 1.82) is 0 Å². The largest absolute Gasteiger partial charge is 0.346 e. The molecule has 0 saturated heterocycles. The molecule has 2 rings (SSSR count). The normalized spacial score (nSPS) is 11.1. The fourth-order valence-corrected chi connectivity index (χ4v) is 3.08. The molecule has 3 heteroatoms. The molecule has 0 unspecified atom stereocenters. The average molecular weight is 317 g/mol. The third-order valence-corrected chi connectivity index (χ3v) is 3.60. The average Bonchev–Trinajstić information content (AvgIpc) is 2.43. The number of rotatable bonds is 1. The van der Waals surface area contributed by atoms with Crippen LogP contribution in [0.2, 0.25) is 0 Å². The number of benzene rings is 1. The van der Waals surface area contributed by atoms with E-state index in [1.807, 2.05) is 0 Å². The molecule has 2 aromatic rings. The van der Waals surface area contributed by atoms with Crippen LogP contribution >= 0.6 is 31.9 Å². The molecule has 0 saturated carbocycles. The van der Waals surface area contributed by atoms with Crippen molar-refractivity contribution in [3.8, 4) is 0 Å². The van der Waals surface area contributed by atoms with Crippen LogP contribution in [0.25, 0.3) is 10.9 Å². The fourth-order valence-electron chi connectivity index (χ4n) is 1.73. The summed E-state index contributed by atoms with van der Waals surface area (Å²) in [7, 11) is 0. The zero-order valence-electron chi connectivity index (χ0n) is 8.14. The van der Waals surface area contributed by atoms with Crippen LogP contribution in [0.5, 0.6) is 0 Å². The maximum Gasteiger partial charge on any atom is 0.0636 e. The second kappa shape index (κ2) is 3.70. The van der Waals surface area contributed by atoms with Gasteiger partial charge in [0.15, 0.2) is 0 Å². The van der Waals surface area contributed by atoms with Crippen LogP contribution in [-0.2, 0) is 6.54 Å². The standard InChI is InChI=1S/C11H11Br2N/c1-3-14-6-10(13)8-4-7(2)5-9(12)11(8)14/h4-6H,3H2,1-2H3. The van der Waals surface area contributed by atoms with E-state index in [1.54, 1.807) is 0 Å². The molecule has 0 spiro atoms. The number of aryl methyl sites for hydroxylation is 2. The second-order valence-electron chi connectivity index (χ2n) is 3.41. The van der Waals surface area contributed by atoms with Crippen LogP contribution < -0.4 is 0 Å². The van der Waals surface area contributed by atoms with Gasteiger partial charge in [-0.05, 0) is 63.4 Å². The lowest BCUT2D eigenvalue weighted by atomic mass is 10.2.